The van der Waals surface area contributed by atoms with Gasteiger partial charge in [-0.15, -0.1) is 6.42 Å². The Labute approximate surface area is 386 Å². The van der Waals surface area contributed by atoms with Crippen LogP contribution < -0.4 is 4.90 Å². The van der Waals surface area contributed by atoms with Crippen LogP contribution in [0.4, 0.5) is 11.4 Å². The second-order valence-corrected chi connectivity index (χ2v) is 17.4. The number of nitrogens with zero attached hydrogens (tertiary/aromatic N) is 2. The van der Waals surface area contributed by atoms with Crippen LogP contribution in [0.2, 0.25) is 0 Å². The zero-order chi connectivity index (χ0) is 44.9. The maximum atomic E-state index is 6.50. The molecule has 0 spiro atoms. The van der Waals surface area contributed by atoms with E-state index in [1.165, 1.54) is 66.1 Å². The lowest BCUT2D eigenvalue weighted by Gasteiger charge is -2.31. The fraction of sp³-hybridized carbons (Fsp3) is 0.0794. The summed E-state index contributed by atoms with van der Waals surface area (Å²) < 4.78 is 8.87. The highest BCUT2D eigenvalue weighted by Gasteiger charge is 2.22. The van der Waals surface area contributed by atoms with Crippen molar-refractivity contribution in [2.75, 3.05) is 4.90 Å². The number of furan rings is 1. The monoisotopic (exact) mass is 848 g/mol. The van der Waals surface area contributed by atoms with E-state index >= 15 is 0 Å². The number of terminal acetylenes is 1. The van der Waals surface area contributed by atoms with Crippen molar-refractivity contribution in [3.63, 3.8) is 0 Å². The van der Waals surface area contributed by atoms with E-state index in [9.17, 15) is 0 Å². The van der Waals surface area contributed by atoms with Crippen LogP contribution in [0.1, 0.15) is 47.6 Å². The predicted molar refractivity (Wildman–Crippen MR) is 283 cm³/mol. The van der Waals surface area contributed by atoms with Crippen LogP contribution in [-0.2, 0) is 0 Å². The molecule has 0 N–H and O–H groups in total. The molecular weight excluding hydrogens is 801 g/mol. The first-order chi connectivity index (χ1) is 32.4. The second kappa shape index (κ2) is 16.7. The molecule has 3 nitrogen and oxygen atoms in total. The van der Waals surface area contributed by atoms with Crippen LogP contribution in [0.5, 0.6) is 0 Å². The Morgan fingerprint density at radius 1 is 0.621 bits per heavy atom. The van der Waals surface area contributed by atoms with Gasteiger partial charge >= 0.3 is 0 Å². The number of aromatic nitrogens is 1. The Hall–Kier alpha value is -8.32. The molecule has 1 aliphatic rings. The minimum absolute atomic E-state index is 0.848. The first-order valence-corrected chi connectivity index (χ1v) is 22.7. The molecule has 2 heterocycles. The Balaban J connectivity index is 1.04. The molecule has 0 amide bonds. The number of hydrogen-bond acceptors (Lipinski definition) is 2. The third kappa shape index (κ3) is 6.96. The molecule has 0 atom stereocenters. The van der Waals surface area contributed by atoms with E-state index < -0.39 is 0 Å². The van der Waals surface area contributed by atoms with Gasteiger partial charge in [-0.25, -0.2) is 0 Å². The van der Waals surface area contributed by atoms with E-state index in [2.05, 4.69) is 218 Å². The third-order valence-electron chi connectivity index (χ3n) is 13.4. The Morgan fingerprint density at radius 2 is 1.35 bits per heavy atom. The lowest BCUT2D eigenvalue weighted by atomic mass is 9.89. The van der Waals surface area contributed by atoms with Crippen LogP contribution >= 0.6 is 0 Å². The van der Waals surface area contributed by atoms with Crippen LogP contribution in [-0.4, -0.2) is 4.57 Å². The normalized spacial score (nSPS) is 13.1. The highest BCUT2D eigenvalue weighted by molar-refractivity contribution is 6.11. The van der Waals surface area contributed by atoms with Crippen molar-refractivity contribution >= 4 is 83.6 Å². The van der Waals surface area contributed by atoms with Crippen molar-refractivity contribution in [3.05, 3.63) is 228 Å². The molecule has 8 aromatic carbocycles. The van der Waals surface area contributed by atoms with Crippen molar-refractivity contribution in [2.24, 2.45) is 0 Å². The van der Waals surface area contributed by atoms with E-state index in [1.807, 2.05) is 13.0 Å². The first-order valence-electron chi connectivity index (χ1n) is 22.7. The molecule has 10 aromatic rings. The van der Waals surface area contributed by atoms with Gasteiger partial charge < -0.3 is 13.9 Å². The van der Waals surface area contributed by atoms with E-state index in [4.69, 9.17) is 10.8 Å². The SMILES string of the molecule is C#C/C=C\c1c(C)c(/C=C\C(=C)C)c2cc(N(C3=CC=C(c4cccc5c4oc4ccccc45)CC3)c3ccc(-c4ccc5c(c4)c4ccccc4n5-c4ccccc4)cc3)ccc2c1C. The number of rotatable bonds is 9. The Kier molecular flexibility index (Phi) is 10.2. The minimum Gasteiger partial charge on any atom is -0.455 e. The second-order valence-electron chi connectivity index (χ2n) is 17.4. The highest BCUT2D eigenvalue weighted by Crippen LogP contribution is 2.43. The topological polar surface area (TPSA) is 21.3 Å². The largest absolute Gasteiger partial charge is 0.455 e. The molecule has 0 aliphatic heterocycles. The molecule has 316 valence electrons. The van der Waals surface area contributed by atoms with Crippen molar-refractivity contribution in [2.45, 2.75) is 33.6 Å². The van der Waals surface area contributed by atoms with Crippen molar-refractivity contribution in [1.29, 1.82) is 0 Å². The van der Waals surface area contributed by atoms with E-state index in [1.54, 1.807) is 6.08 Å². The number of fused-ring (bicyclic) bond motifs is 7. The Morgan fingerprint density at radius 3 is 2.14 bits per heavy atom. The summed E-state index contributed by atoms with van der Waals surface area (Å²) in [6.45, 7) is 10.6. The fourth-order valence-electron chi connectivity index (χ4n) is 10.1. The molecule has 1 aliphatic carbocycles. The predicted octanol–water partition coefficient (Wildman–Crippen LogP) is 17.3. The van der Waals surface area contributed by atoms with Gasteiger partial charge in [0.25, 0.3) is 0 Å². The lowest BCUT2D eigenvalue weighted by molar-refractivity contribution is 0.667. The van der Waals surface area contributed by atoms with Gasteiger partial charge in [-0.05, 0) is 162 Å². The molecule has 0 unspecified atom stereocenters. The zero-order valence-corrected chi connectivity index (χ0v) is 37.5. The van der Waals surface area contributed by atoms with E-state index in [0.29, 0.717) is 0 Å². The molecule has 0 bridgehead atoms. The van der Waals surface area contributed by atoms with Gasteiger partial charge in [0.2, 0.25) is 0 Å². The highest BCUT2D eigenvalue weighted by atomic mass is 16.3. The molecule has 11 rings (SSSR count). The number of anilines is 2. The van der Waals surface area contributed by atoms with Gasteiger partial charge in [0.05, 0.1) is 11.0 Å². The van der Waals surface area contributed by atoms with Crippen molar-refractivity contribution < 1.29 is 4.42 Å². The molecule has 0 fully saturated rings. The summed E-state index contributed by atoms with van der Waals surface area (Å²) in [6, 6.07) is 57.1. The molecule has 0 saturated heterocycles. The van der Waals surface area contributed by atoms with Crippen molar-refractivity contribution in [3.8, 4) is 29.2 Å². The summed E-state index contributed by atoms with van der Waals surface area (Å²) >= 11 is 0. The van der Waals surface area contributed by atoms with Crippen LogP contribution in [0.15, 0.2) is 204 Å². The van der Waals surface area contributed by atoms with Gasteiger partial charge in [-0.1, -0.05) is 133 Å². The van der Waals surface area contributed by atoms with Crippen LogP contribution in [0, 0.1) is 26.2 Å². The third-order valence-corrected chi connectivity index (χ3v) is 13.4. The summed E-state index contributed by atoms with van der Waals surface area (Å²) in [5.41, 5.74) is 19.3. The molecule has 0 radical (unpaired) electrons. The molecule has 66 heavy (non-hydrogen) atoms. The fourth-order valence-corrected chi connectivity index (χ4v) is 10.1. The molecular formula is C63H48N2O. The smallest absolute Gasteiger partial charge is 0.142 e. The van der Waals surface area contributed by atoms with Crippen LogP contribution in [0.3, 0.4) is 0 Å². The van der Waals surface area contributed by atoms with Gasteiger partial charge in [0.15, 0.2) is 0 Å². The summed E-state index contributed by atoms with van der Waals surface area (Å²) in [5, 5.41) is 7.16. The summed E-state index contributed by atoms with van der Waals surface area (Å²) in [7, 11) is 0. The quantitative estimate of drug-likeness (QED) is 0.107. The maximum absolute atomic E-state index is 6.50. The Bertz CT molecular complexity index is 3750. The number of para-hydroxylation sites is 4. The average molecular weight is 849 g/mol. The molecule has 3 heteroatoms. The van der Waals surface area contributed by atoms with E-state index in [-0.39, 0.29) is 0 Å². The maximum Gasteiger partial charge on any atom is 0.142 e. The number of benzene rings is 8. The standard InChI is InChI=1S/C63H48N2O/c1-6-7-18-51-42(4)52(36-25-41(2)3)58-40-50(35-37-53(58)43(51)5)64(49-33-28-45(29-34-49)54-21-15-22-57-56-20-12-14-24-62(56)66-63(54)57)48-31-26-44(27-32-48)46-30-38-61-59(39-46)55-19-11-13-23-60(55)65(61)47-16-9-8-10-17-47/h1,7-28,30-33,35-40H,2,29,34H2,3-5H3/b18-7-,36-25-. The molecule has 2 aromatic heterocycles. The molecule has 0 saturated carbocycles. The number of hydrogen-bond donors (Lipinski definition) is 0. The van der Waals surface area contributed by atoms with Gasteiger partial charge in [0, 0.05) is 49.9 Å². The van der Waals surface area contributed by atoms with Crippen molar-refractivity contribution in [1.82, 2.24) is 4.57 Å². The minimum atomic E-state index is 0.848. The van der Waals surface area contributed by atoms with Gasteiger partial charge in [-0.2, -0.15) is 0 Å². The summed E-state index contributed by atoms with van der Waals surface area (Å²) in [6.07, 6.45) is 20.2. The van der Waals surface area contributed by atoms with Gasteiger partial charge in [0.1, 0.15) is 11.2 Å². The summed E-state index contributed by atoms with van der Waals surface area (Å²) in [5.74, 6) is 2.69. The summed E-state index contributed by atoms with van der Waals surface area (Å²) in [4.78, 5) is 2.44. The number of aryl methyl sites for hydroxylation is 1. The van der Waals surface area contributed by atoms with Crippen LogP contribution in [0.25, 0.3) is 89.1 Å². The van der Waals surface area contributed by atoms with Gasteiger partial charge in [-0.3, -0.25) is 0 Å². The van der Waals surface area contributed by atoms with E-state index in [0.717, 1.165) is 74.1 Å². The average Bonchev–Trinajstić information content (AvgIpc) is 3.90. The zero-order valence-electron chi connectivity index (χ0n) is 37.5. The number of allylic oxidation sites excluding steroid dienone is 7. The first kappa shape index (κ1) is 40.5. The lowest BCUT2D eigenvalue weighted by Crippen LogP contribution is -2.18.